The highest BCUT2D eigenvalue weighted by Gasteiger charge is 2.36. The standard InChI is InChI=1S/C44H48N10O2S2.ClH/c45-35(43(55)51-21-23-53-41(25-37(49-53)33-13-7-19-47-27-33)39(51)17-15-31-9-3-1-4-10-31)29-57-58-30-36(46)44(56)52-22-24-54-42(26-38(50-54)34-14-8-20-48-28-34)40(52)18-16-32-11-5-2-6-12-32;/h1-14,19-20,25-28,35-36,39-40H,15-18,21-24,29-30,45-46H2;1H/t35-,36-,39?,40?;/m0./s1. The first kappa shape index (κ1) is 42.1. The van der Waals surface area contributed by atoms with Crippen LogP contribution in [0.25, 0.3) is 22.5 Å². The highest BCUT2D eigenvalue weighted by Crippen LogP contribution is 2.36. The molecule has 2 amide bonds. The van der Waals surface area contributed by atoms with Crippen LogP contribution in [0.2, 0.25) is 0 Å². The first-order chi connectivity index (χ1) is 28.4. The Morgan fingerprint density at radius 2 is 1.03 bits per heavy atom. The van der Waals surface area contributed by atoms with Crippen LogP contribution < -0.4 is 11.5 Å². The smallest absolute Gasteiger partial charge is 0.241 e. The van der Waals surface area contributed by atoms with E-state index in [4.69, 9.17) is 21.7 Å². The van der Waals surface area contributed by atoms with Gasteiger partial charge in [-0.1, -0.05) is 82.3 Å². The van der Waals surface area contributed by atoms with Crippen molar-refractivity contribution in [2.24, 2.45) is 11.5 Å². The molecular weight excluding hydrogens is 800 g/mol. The normalized spacial score (nSPS) is 17.1. The molecule has 15 heteroatoms. The fraction of sp³-hybridized carbons (Fsp3) is 0.318. The summed E-state index contributed by atoms with van der Waals surface area (Å²) in [5.41, 5.74) is 21.3. The van der Waals surface area contributed by atoms with Crippen molar-refractivity contribution in [2.45, 2.75) is 62.9 Å². The molecule has 59 heavy (non-hydrogen) atoms. The molecule has 0 fully saturated rings. The molecule has 0 saturated heterocycles. The van der Waals surface area contributed by atoms with Gasteiger partial charge < -0.3 is 21.3 Å². The van der Waals surface area contributed by atoms with Crippen molar-refractivity contribution in [3.8, 4) is 22.5 Å². The molecule has 2 aromatic carbocycles. The lowest BCUT2D eigenvalue weighted by Crippen LogP contribution is -2.50. The van der Waals surface area contributed by atoms with E-state index < -0.39 is 12.1 Å². The zero-order valence-electron chi connectivity index (χ0n) is 32.7. The monoisotopic (exact) mass is 848 g/mol. The summed E-state index contributed by atoms with van der Waals surface area (Å²) in [6.07, 6.45) is 10.2. The summed E-state index contributed by atoms with van der Waals surface area (Å²) in [5, 5.41) is 9.79. The van der Waals surface area contributed by atoms with E-state index in [0.29, 0.717) is 37.7 Å². The molecule has 2 unspecified atom stereocenters. The topological polar surface area (TPSA) is 154 Å². The van der Waals surface area contributed by atoms with Crippen LogP contribution in [0.4, 0.5) is 0 Å². The molecule has 6 aromatic rings. The molecular formula is C44H49ClN10O2S2. The largest absolute Gasteiger partial charge is 0.331 e. The molecule has 2 aliphatic heterocycles. The van der Waals surface area contributed by atoms with Crippen molar-refractivity contribution < 1.29 is 9.59 Å². The van der Waals surface area contributed by atoms with Crippen LogP contribution in [0.1, 0.15) is 47.4 Å². The Kier molecular flexibility index (Phi) is 14.2. The quantitative estimate of drug-likeness (QED) is 0.0878. The second-order valence-electron chi connectivity index (χ2n) is 14.8. The van der Waals surface area contributed by atoms with E-state index in [-0.39, 0.29) is 36.3 Å². The van der Waals surface area contributed by atoms with Gasteiger partial charge in [0, 0.05) is 60.5 Å². The van der Waals surface area contributed by atoms with Gasteiger partial charge >= 0.3 is 0 Å². The van der Waals surface area contributed by atoms with Crippen molar-refractivity contribution in [1.82, 2.24) is 39.3 Å². The summed E-state index contributed by atoms with van der Waals surface area (Å²) in [4.78, 5) is 40.6. The van der Waals surface area contributed by atoms with Crippen LogP contribution in [0.3, 0.4) is 0 Å². The second kappa shape index (κ2) is 19.8. The third-order valence-electron chi connectivity index (χ3n) is 11.0. The van der Waals surface area contributed by atoms with Gasteiger partial charge in [0.25, 0.3) is 0 Å². The van der Waals surface area contributed by atoms with Gasteiger partial charge in [-0.05, 0) is 73.2 Å². The highest BCUT2D eigenvalue weighted by atomic mass is 35.5. The van der Waals surface area contributed by atoms with Crippen LogP contribution >= 0.6 is 34.0 Å². The van der Waals surface area contributed by atoms with Crippen LogP contribution in [0.15, 0.2) is 122 Å². The molecule has 4 aromatic heterocycles. The Morgan fingerprint density at radius 3 is 1.42 bits per heavy atom. The zero-order chi connectivity index (χ0) is 39.8. The molecule has 8 rings (SSSR count). The van der Waals surface area contributed by atoms with Gasteiger partial charge in [-0.25, -0.2) is 0 Å². The van der Waals surface area contributed by atoms with Crippen molar-refractivity contribution in [3.63, 3.8) is 0 Å². The highest BCUT2D eigenvalue weighted by molar-refractivity contribution is 8.76. The minimum atomic E-state index is -0.713. The maximum absolute atomic E-state index is 14.1. The van der Waals surface area contributed by atoms with Crippen LogP contribution in [-0.2, 0) is 35.5 Å². The lowest BCUT2D eigenvalue weighted by Gasteiger charge is -2.38. The van der Waals surface area contributed by atoms with Crippen LogP contribution in [0.5, 0.6) is 0 Å². The van der Waals surface area contributed by atoms with E-state index in [0.717, 1.165) is 59.6 Å². The average Bonchev–Trinajstić information content (AvgIpc) is 3.92. The molecule has 4 atom stereocenters. The van der Waals surface area contributed by atoms with Crippen LogP contribution in [-0.4, -0.2) is 87.8 Å². The van der Waals surface area contributed by atoms with Gasteiger partial charge in [-0.15, -0.1) is 12.4 Å². The Labute approximate surface area is 359 Å². The van der Waals surface area contributed by atoms with E-state index >= 15 is 0 Å². The molecule has 0 aliphatic carbocycles. The number of aromatic nitrogens is 6. The molecule has 4 N–H and O–H groups in total. The van der Waals surface area contributed by atoms with Gasteiger partial charge in [0.05, 0.1) is 60.0 Å². The number of pyridine rings is 2. The van der Waals surface area contributed by atoms with Gasteiger partial charge in [0.2, 0.25) is 11.8 Å². The van der Waals surface area contributed by atoms with Gasteiger partial charge in [-0.3, -0.25) is 28.9 Å². The summed E-state index contributed by atoms with van der Waals surface area (Å²) >= 11 is 0. The zero-order valence-corrected chi connectivity index (χ0v) is 35.2. The van der Waals surface area contributed by atoms with Crippen LogP contribution in [0, 0.1) is 0 Å². The minimum Gasteiger partial charge on any atom is -0.331 e. The number of nitrogens with zero attached hydrogens (tertiary/aromatic N) is 8. The molecule has 0 bridgehead atoms. The maximum atomic E-state index is 14.1. The summed E-state index contributed by atoms with van der Waals surface area (Å²) in [6, 6.07) is 30.9. The lowest BCUT2D eigenvalue weighted by molar-refractivity contribution is -0.136. The van der Waals surface area contributed by atoms with E-state index in [1.54, 1.807) is 12.4 Å². The molecule has 0 spiro atoms. The third-order valence-corrected chi connectivity index (χ3v) is 13.4. The number of fused-ring (bicyclic) bond motifs is 2. The molecule has 6 heterocycles. The Balaban J connectivity index is 0.00000528. The Hall–Kier alpha value is -4.99. The van der Waals surface area contributed by atoms with Gasteiger partial charge in [0.15, 0.2) is 0 Å². The second-order valence-corrected chi connectivity index (χ2v) is 17.3. The first-order valence-corrected chi connectivity index (χ1v) is 22.3. The number of benzene rings is 2. The number of carbonyl (C=O) groups is 2. The van der Waals surface area contributed by atoms with E-state index in [9.17, 15) is 9.59 Å². The van der Waals surface area contributed by atoms with Gasteiger partial charge in [0.1, 0.15) is 0 Å². The van der Waals surface area contributed by atoms with Crippen molar-refractivity contribution >= 4 is 45.8 Å². The average molecular weight is 850 g/mol. The number of rotatable bonds is 15. The Bertz CT molecular complexity index is 2120. The molecule has 306 valence electrons. The fourth-order valence-corrected chi connectivity index (χ4v) is 10.2. The number of hydrogen-bond acceptors (Lipinski definition) is 10. The predicted octanol–water partition coefficient (Wildman–Crippen LogP) is 6.39. The van der Waals surface area contributed by atoms with Crippen molar-refractivity contribution in [1.29, 1.82) is 0 Å². The number of nitrogens with two attached hydrogens (primary N) is 2. The predicted molar refractivity (Wildman–Crippen MR) is 237 cm³/mol. The van der Waals surface area contributed by atoms with E-state index in [1.165, 1.54) is 32.7 Å². The Morgan fingerprint density at radius 1 is 0.610 bits per heavy atom. The molecule has 12 nitrogen and oxygen atoms in total. The van der Waals surface area contributed by atoms with Gasteiger partial charge in [-0.2, -0.15) is 10.2 Å². The summed E-state index contributed by atoms with van der Waals surface area (Å²) in [6.45, 7) is 2.22. The number of halogens is 1. The number of hydrogen-bond donors (Lipinski definition) is 2. The van der Waals surface area contributed by atoms with E-state index in [1.807, 2.05) is 92.2 Å². The number of aryl methyl sites for hydroxylation is 2. The summed E-state index contributed by atoms with van der Waals surface area (Å²) in [5.74, 6) is 0.621. The van der Waals surface area contributed by atoms with Crippen molar-refractivity contribution in [3.05, 3.63) is 144 Å². The van der Waals surface area contributed by atoms with E-state index in [2.05, 4.69) is 46.4 Å². The lowest BCUT2D eigenvalue weighted by atomic mass is 9.98. The number of amides is 2. The fourth-order valence-electron chi connectivity index (χ4n) is 7.95. The minimum absolute atomic E-state index is 0. The number of carbonyl (C=O) groups excluding carboxylic acids is 2. The molecule has 0 radical (unpaired) electrons. The summed E-state index contributed by atoms with van der Waals surface area (Å²) < 4.78 is 4.05. The molecule has 2 aliphatic rings. The maximum Gasteiger partial charge on any atom is 0.241 e. The summed E-state index contributed by atoms with van der Waals surface area (Å²) in [7, 11) is 2.98. The van der Waals surface area contributed by atoms with Crippen molar-refractivity contribution in [2.75, 3.05) is 24.6 Å². The molecule has 0 saturated carbocycles. The third kappa shape index (κ3) is 9.90. The SMILES string of the molecule is Cl.N[C@@H](CSSC[C@H](N)C(=O)N1CCn2nc(-c3cccnc3)cc2C1CCc1ccccc1)C(=O)N1CCn2nc(-c3cccnc3)cc2C1CCc1ccccc1. The first-order valence-electron chi connectivity index (χ1n) is 19.8.